The summed E-state index contributed by atoms with van der Waals surface area (Å²) >= 11 is 8.22. The van der Waals surface area contributed by atoms with Crippen molar-refractivity contribution in [2.24, 2.45) is 0 Å². The van der Waals surface area contributed by atoms with Gasteiger partial charge in [-0.3, -0.25) is 9.59 Å². The van der Waals surface area contributed by atoms with Crippen molar-refractivity contribution in [1.29, 1.82) is 0 Å². The van der Waals surface area contributed by atoms with E-state index in [9.17, 15) is 9.59 Å². The van der Waals surface area contributed by atoms with Crippen LogP contribution in [0.4, 0.5) is 0 Å². The minimum absolute atomic E-state index is 0.150. The predicted molar refractivity (Wildman–Crippen MR) is 110 cm³/mol. The average molecular weight is 487 g/mol. The molecule has 0 aliphatic rings. The summed E-state index contributed by atoms with van der Waals surface area (Å²) in [5.41, 5.74) is 0.843. The fraction of sp³-hybridized carbons (Fsp3) is 0.263. The molecule has 0 heterocycles. The van der Waals surface area contributed by atoms with Crippen molar-refractivity contribution < 1.29 is 14.3 Å². The molecule has 1 N–H and O–H groups in total. The van der Waals surface area contributed by atoms with Crippen LogP contribution >= 0.6 is 34.2 Å². The standard InChI is InChI=1S/C19H20ClIN2O3/c1-13(19(25)22-2)23(11-14-4-3-5-15(20)10-14)18(24)12-26-17-8-6-16(21)7-9-17/h3-10,13H,11-12H2,1-2H3,(H,22,25)/t13-/m1/s1. The molecule has 138 valence electrons. The fourth-order valence-corrected chi connectivity index (χ4v) is 2.95. The van der Waals surface area contributed by atoms with Gasteiger partial charge in [-0.25, -0.2) is 0 Å². The van der Waals surface area contributed by atoms with Gasteiger partial charge in [0.05, 0.1) is 0 Å². The van der Waals surface area contributed by atoms with E-state index < -0.39 is 6.04 Å². The molecule has 2 aromatic carbocycles. The molecule has 26 heavy (non-hydrogen) atoms. The molecular weight excluding hydrogens is 467 g/mol. The van der Waals surface area contributed by atoms with E-state index in [1.165, 1.54) is 4.90 Å². The highest BCUT2D eigenvalue weighted by Gasteiger charge is 2.25. The Morgan fingerprint density at radius 3 is 2.54 bits per heavy atom. The first-order valence-electron chi connectivity index (χ1n) is 8.04. The minimum Gasteiger partial charge on any atom is -0.484 e. The number of ether oxygens (including phenoxy) is 1. The van der Waals surface area contributed by atoms with E-state index in [2.05, 4.69) is 27.9 Å². The Morgan fingerprint density at radius 2 is 1.92 bits per heavy atom. The van der Waals surface area contributed by atoms with Gasteiger partial charge in [0.2, 0.25) is 5.91 Å². The normalized spacial score (nSPS) is 11.5. The number of carbonyl (C=O) groups is 2. The van der Waals surface area contributed by atoms with Crippen molar-refractivity contribution >= 4 is 46.0 Å². The van der Waals surface area contributed by atoms with Crippen molar-refractivity contribution in [3.8, 4) is 5.75 Å². The van der Waals surface area contributed by atoms with E-state index in [4.69, 9.17) is 16.3 Å². The molecule has 0 radical (unpaired) electrons. The van der Waals surface area contributed by atoms with Gasteiger partial charge in [-0.2, -0.15) is 0 Å². The highest BCUT2D eigenvalue weighted by Crippen LogP contribution is 2.16. The molecule has 0 saturated heterocycles. The summed E-state index contributed by atoms with van der Waals surface area (Å²) in [6.45, 7) is 1.80. The fourth-order valence-electron chi connectivity index (χ4n) is 2.38. The number of hydrogen-bond donors (Lipinski definition) is 1. The topological polar surface area (TPSA) is 58.6 Å². The maximum absolute atomic E-state index is 12.7. The van der Waals surface area contributed by atoms with Crippen molar-refractivity contribution in [2.45, 2.75) is 19.5 Å². The lowest BCUT2D eigenvalue weighted by Crippen LogP contribution is -2.48. The van der Waals surface area contributed by atoms with Crippen LogP contribution in [0.3, 0.4) is 0 Å². The zero-order valence-corrected chi connectivity index (χ0v) is 17.5. The highest BCUT2D eigenvalue weighted by atomic mass is 127. The third-order valence-electron chi connectivity index (χ3n) is 3.83. The largest absolute Gasteiger partial charge is 0.484 e. The van der Waals surface area contributed by atoms with Crippen LogP contribution in [0.5, 0.6) is 5.75 Å². The van der Waals surface area contributed by atoms with E-state index in [1.54, 1.807) is 38.2 Å². The second-order valence-corrected chi connectivity index (χ2v) is 7.37. The molecule has 2 aromatic rings. The smallest absolute Gasteiger partial charge is 0.261 e. The summed E-state index contributed by atoms with van der Waals surface area (Å²) in [5.74, 6) is 0.0864. The van der Waals surface area contributed by atoms with Crippen LogP contribution < -0.4 is 10.1 Å². The molecule has 5 nitrogen and oxygen atoms in total. The first-order valence-corrected chi connectivity index (χ1v) is 9.50. The van der Waals surface area contributed by atoms with Crippen LogP contribution in [-0.2, 0) is 16.1 Å². The van der Waals surface area contributed by atoms with Crippen molar-refractivity contribution in [1.82, 2.24) is 10.2 Å². The quantitative estimate of drug-likeness (QED) is 0.610. The molecular formula is C19H20ClIN2O3. The first-order chi connectivity index (χ1) is 12.4. The van der Waals surface area contributed by atoms with Crippen molar-refractivity contribution in [2.75, 3.05) is 13.7 Å². The number of benzene rings is 2. The Kier molecular flexibility index (Phi) is 7.71. The Balaban J connectivity index is 2.12. The van der Waals surface area contributed by atoms with E-state index in [0.29, 0.717) is 10.8 Å². The summed E-state index contributed by atoms with van der Waals surface area (Å²) in [6.07, 6.45) is 0. The number of hydrogen-bond acceptors (Lipinski definition) is 3. The average Bonchev–Trinajstić information content (AvgIpc) is 2.64. The molecule has 2 amide bonds. The van der Waals surface area contributed by atoms with Crippen molar-refractivity contribution in [3.63, 3.8) is 0 Å². The molecule has 0 fully saturated rings. The molecule has 0 unspecified atom stereocenters. The summed E-state index contributed by atoms with van der Waals surface area (Å²) in [6, 6.07) is 14.0. The van der Waals surface area contributed by atoms with Gasteiger partial charge in [0.25, 0.3) is 5.91 Å². The molecule has 1 atom stereocenters. The zero-order valence-electron chi connectivity index (χ0n) is 14.5. The van der Waals surface area contributed by atoms with E-state index in [0.717, 1.165) is 9.13 Å². The maximum Gasteiger partial charge on any atom is 0.261 e. The van der Waals surface area contributed by atoms with Gasteiger partial charge in [-0.1, -0.05) is 23.7 Å². The first kappa shape index (κ1) is 20.5. The van der Waals surface area contributed by atoms with Crippen LogP contribution in [0.15, 0.2) is 48.5 Å². The summed E-state index contributed by atoms with van der Waals surface area (Å²) in [4.78, 5) is 26.3. The molecule has 0 spiro atoms. The van der Waals surface area contributed by atoms with E-state index in [-0.39, 0.29) is 25.0 Å². The van der Waals surface area contributed by atoms with Gasteiger partial charge in [0.15, 0.2) is 6.61 Å². The number of halogens is 2. The predicted octanol–water partition coefficient (Wildman–Crippen LogP) is 3.49. The third kappa shape index (κ3) is 5.88. The van der Waals surface area contributed by atoms with Crippen LogP contribution in [0.25, 0.3) is 0 Å². The van der Waals surface area contributed by atoms with Gasteiger partial charge in [0, 0.05) is 22.2 Å². The number of likely N-dealkylation sites (N-methyl/N-ethyl adjacent to an activating group) is 1. The summed E-state index contributed by atoms with van der Waals surface area (Å²) in [7, 11) is 1.54. The minimum atomic E-state index is -0.633. The Bertz CT molecular complexity index is 768. The van der Waals surface area contributed by atoms with Crippen LogP contribution in [0, 0.1) is 3.57 Å². The number of carbonyl (C=O) groups excluding carboxylic acids is 2. The van der Waals surface area contributed by atoms with Crippen molar-refractivity contribution in [3.05, 3.63) is 62.7 Å². The van der Waals surface area contributed by atoms with Gasteiger partial charge in [-0.15, -0.1) is 0 Å². The lowest BCUT2D eigenvalue weighted by atomic mass is 10.1. The Hall–Kier alpha value is -1.80. The van der Waals surface area contributed by atoms with Crippen LogP contribution in [0.2, 0.25) is 5.02 Å². The second-order valence-electron chi connectivity index (χ2n) is 5.68. The lowest BCUT2D eigenvalue weighted by molar-refractivity contribution is -0.142. The number of amides is 2. The van der Waals surface area contributed by atoms with E-state index >= 15 is 0 Å². The Morgan fingerprint density at radius 1 is 1.23 bits per heavy atom. The monoisotopic (exact) mass is 486 g/mol. The molecule has 0 aromatic heterocycles. The SMILES string of the molecule is CNC(=O)[C@@H](C)N(Cc1cccc(Cl)c1)C(=O)COc1ccc(I)cc1. The molecule has 2 rings (SSSR count). The highest BCUT2D eigenvalue weighted by molar-refractivity contribution is 14.1. The van der Waals surface area contributed by atoms with Gasteiger partial charge >= 0.3 is 0 Å². The molecule has 7 heteroatoms. The van der Waals surface area contributed by atoms with Crippen LogP contribution in [0.1, 0.15) is 12.5 Å². The molecule has 0 aliphatic carbocycles. The summed E-state index contributed by atoms with van der Waals surface area (Å²) < 4.78 is 6.66. The van der Waals surface area contributed by atoms with Gasteiger partial charge in [0.1, 0.15) is 11.8 Å². The van der Waals surface area contributed by atoms with E-state index in [1.807, 2.05) is 24.3 Å². The van der Waals surface area contributed by atoms with Crippen LogP contribution in [-0.4, -0.2) is 36.4 Å². The number of rotatable bonds is 7. The zero-order chi connectivity index (χ0) is 19.1. The second kappa shape index (κ2) is 9.78. The molecule has 0 bridgehead atoms. The molecule has 0 saturated carbocycles. The third-order valence-corrected chi connectivity index (χ3v) is 4.79. The number of nitrogens with one attached hydrogen (secondary N) is 1. The Labute approximate surface area is 171 Å². The molecule has 0 aliphatic heterocycles. The van der Waals surface area contributed by atoms with Gasteiger partial charge < -0.3 is 15.0 Å². The maximum atomic E-state index is 12.7. The van der Waals surface area contributed by atoms with Gasteiger partial charge in [-0.05, 0) is 71.5 Å². The number of nitrogens with zero attached hydrogens (tertiary/aromatic N) is 1. The summed E-state index contributed by atoms with van der Waals surface area (Å²) in [5, 5.41) is 3.16. The lowest BCUT2D eigenvalue weighted by Gasteiger charge is -2.28.